The standard InChI is InChI=1S/C14H28O2Si/c1-11(10-15)9-12(2)13(3)16-17(7,8)14(4,5)6/h9-10,12-13H,1-8H3/b11-9+/t12-,13+/m1/s1. The van der Waals surface area contributed by atoms with Crippen LogP contribution in [0.1, 0.15) is 41.5 Å². The predicted molar refractivity (Wildman–Crippen MR) is 76.7 cm³/mol. The quantitative estimate of drug-likeness (QED) is 0.419. The topological polar surface area (TPSA) is 26.3 Å². The van der Waals surface area contributed by atoms with Gasteiger partial charge in [-0.3, -0.25) is 4.79 Å². The molecule has 0 N–H and O–H groups in total. The highest BCUT2D eigenvalue weighted by atomic mass is 28.4. The highest BCUT2D eigenvalue weighted by Gasteiger charge is 2.38. The van der Waals surface area contributed by atoms with Crippen molar-refractivity contribution in [2.24, 2.45) is 5.92 Å². The number of aldehydes is 1. The zero-order chi connectivity index (χ0) is 13.9. The van der Waals surface area contributed by atoms with E-state index in [0.29, 0.717) is 0 Å². The second kappa shape index (κ2) is 5.96. The molecule has 100 valence electrons. The molecule has 0 amide bonds. The summed E-state index contributed by atoms with van der Waals surface area (Å²) in [5.74, 6) is 0.273. The van der Waals surface area contributed by atoms with Gasteiger partial charge in [0.15, 0.2) is 8.32 Å². The van der Waals surface area contributed by atoms with Crippen LogP contribution in [0, 0.1) is 5.92 Å². The maximum Gasteiger partial charge on any atom is 0.192 e. The molecule has 2 atom stereocenters. The SMILES string of the molecule is C/C(C=O)=C\[C@@H](C)[C@H](C)O[Si](C)(C)C(C)(C)C. The van der Waals surface area contributed by atoms with E-state index in [2.05, 4.69) is 47.7 Å². The van der Waals surface area contributed by atoms with Crippen LogP contribution in [-0.4, -0.2) is 20.7 Å². The Morgan fingerprint density at radius 2 is 1.71 bits per heavy atom. The molecule has 0 aromatic heterocycles. The smallest absolute Gasteiger partial charge is 0.192 e. The average molecular weight is 256 g/mol. The van der Waals surface area contributed by atoms with E-state index in [1.54, 1.807) is 0 Å². The van der Waals surface area contributed by atoms with E-state index in [9.17, 15) is 4.79 Å². The summed E-state index contributed by atoms with van der Waals surface area (Å²) in [7, 11) is -1.71. The van der Waals surface area contributed by atoms with Crippen molar-refractivity contribution in [3.8, 4) is 0 Å². The molecule has 0 aliphatic heterocycles. The minimum Gasteiger partial charge on any atom is -0.414 e. The first-order valence-electron chi connectivity index (χ1n) is 6.32. The van der Waals surface area contributed by atoms with Gasteiger partial charge < -0.3 is 4.43 Å². The Morgan fingerprint density at radius 1 is 1.24 bits per heavy atom. The average Bonchev–Trinajstić information content (AvgIpc) is 2.14. The normalized spacial score (nSPS) is 17.8. The second-order valence-corrected chi connectivity index (χ2v) is 11.2. The Balaban J connectivity index is 4.65. The molecule has 0 aromatic rings. The van der Waals surface area contributed by atoms with Crippen LogP contribution in [0.3, 0.4) is 0 Å². The van der Waals surface area contributed by atoms with E-state index >= 15 is 0 Å². The minimum absolute atomic E-state index is 0.158. The van der Waals surface area contributed by atoms with Gasteiger partial charge in [-0.15, -0.1) is 0 Å². The van der Waals surface area contributed by atoms with Crippen molar-refractivity contribution in [3.05, 3.63) is 11.6 Å². The fourth-order valence-electron chi connectivity index (χ4n) is 1.34. The van der Waals surface area contributed by atoms with Gasteiger partial charge in [-0.2, -0.15) is 0 Å². The Bertz CT molecular complexity index is 287. The largest absolute Gasteiger partial charge is 0.414 e. The lowest BCUT2D eigenvalue weighted by molar-refractivity contribution is -0.104. The highest BCUT2D eigenvalue weighted by Crippen LogP contribution is 2.38. The van der Waals surface area contributed by atoms with Crippen LogP contribution in [0.25, 0.3) is 0 Å². The molecule has 0 saturated heterocycles. The fourth-order valence-corrected chi connectivity index (χ4v) is 2.84. The number of carbonyl (C=O) groups is 1. The van der Waals surface area contributed by atoms with E-state index in [1.165, 1.54) is 0 Å². The Morgan fingerprint density at radius 3 is 2.06 bits per heavy atom. The lowest BCUT2D eigenvalue weighted by atomic mass is 10.0. The molecule has 17 heavy (non-hydrogen) atoms. The molecule has 0 bridgehead atoms. The van der Waals surface area contributed by atoms with Gasteiger partial charge >= 0.3 is 0 Å². The minimum atomic E-state index is -1.71. The molecule has 2 nitrogen and oxygen atoms in total. The summed E-state index contributed by atoms with van der Waals surface area (Å²) in [6.45, 7) is 17.3. The summed E-state index contributed by atoms with van der Waals surface area (Å²) >= 11 is 0. The van der Waals surface area contributed by atoms with E-state index in [-0.39, 0.29) is 17.1 Å². The lowest BCUT2D eigenvalue weighted by Gasteiger charge is -2.39. The maximum atomic E-state index is 10.6. The number of carbonyl (C=O) groups excluding carboxylic acids is 1. The number of hydrogen-bond acceptors (Lipinski definition) is 2. The fraction of sp³-hybridized carbons (Fsp3) is 0.786. The molecule has 0 unspecified atom stereocenters. The van der Waals surface area contributed by atoms with Crippen molar-refractivity contribution < 1.29 is 9.22 Å². The summed E-state index contributed by atoms with van der Waals surface area (Å²) in [6, 6.07) is 0. The molecule has 0 aromatic carbocycles. The third-order valence-electron chi connectivity index (χ3n) is 3.74. The van der Waals surface area contributed by atoms with E-state index in [0.717, 1.165) is 11.9 Å². The molecule has 0 radical (unpaired) electrons. The van der Waals surface area contributed by atoms with Gasteiger partial charge in [0.1, 0.15) is 6.29 Å². The second-order valence-electron chi connectivity index (χ2n) is 6.47. The Hall–Kier alpha value is -0.413. The third-order valence-corrected chi connectivity index (χ3v) is 8.31. The van der Waals surface area contributed by atoms with Crippen LogP contribution < -0.4 is 0 Å². The van der Waals surface area contributed by atoms with Crippen molar-refractivity contribution in [1.82, 2.24) is 0 Å². The summed E-state index contributed by atoms with van der Waals surface area (Å²) < 4.78 is 6.29. The molecule has 3 heteroatoms. The molecule has 0 saturated carbocycles. The molecule has 0 spiro atoms. The van der Waals surface area contributed by atoms with Crippen molar-refractivity contribution in [2.45, 2.75) is 65.8 Å². The monoisotopic (exact) mass is 256 g/mol. The van der Waals surface area contributed by atoms with Crippen LogP contribution in [0.15, 0.2) is 11.6 Å². The number of rotatable bonds is 5. The number of allylic oxidation sites excluding steroid dienone is 1. The van der Waals surface area contributed by atoms with Gasteiger partial charge in [0.25, 0.3) is 0 Å². The summed E-state index contributed by atoms with van der Waals surface area (Å²) in [4.78, 5) is 10.6. The van der Waals surface area contributed by atoms with Crippen LogP contribution in [0.5, 0.6) is 0 Å². The Kier molecular flexibility index (Phi) is 5.82. The first-order valence-corrected chi connectivity index (χ1v) is 9.23. The van der Waals surface area contributed by atoms with Crippen molar-refractivity contribution in [2.75, 3.05) is 0 Å². The van der Waals surface area contributed by atoms with Crippen LogP contribution in [-0.2, 0) is 9.22 Å². The van der Waals surface area contributed by atoms with Crippen LogP contribution >= 0.6 is 0 Å². The maximum absolute atomic E-state index is 10.6. The van der Waals surface area contributed by atoms with Gasteiger partial charge in [-0.25, -0.2) is 0 Å². The van der Waals surface area contributed by atoms with Crippen LogP contribution in [0.2, 0.25) is 18.1 Å². The van der Waals surface area contributed by atoms with Crippen molar-refractivity contribution in [3.63, 3.8) is 0 Å². The molecular weight excluding hydrogens is 228 g/mol. The highest BCUT2D eigenvalue weighted by molar-refractivity contribution is 6.74. The molecule has 0 aliphatic rings. The van der Waals surface area contributed by atoms with Crippen LogP contribution in [0.4, 0.5) is 0 Å². The van der Waals surface area contributed by atoms with E-state index < -0.39 is 8.32 Å². The zero-order valence-electron chi connectivity index (χ0n) is 12.6. The first-order chi connectivity index (χ1) is 7.51. The number of hydrogen-bond donors (Lipinski definition) is 0. The van der Waals surface area contributed by atoms with E-state index in [4.69, 9.17) is 4.43 Å². The van der Waals surface area contributed by atoms with Gasteiger partial charge in [0.05, 0.1) is 0 Å². The molecule has 0 aliphatic carbocycles. The van der Waals surface area contributed by atoms with Gasteiger partial charge in [0, 0.05) is 6.10 Å². The molecule has 0 fully saturated rings. The van der Waals surface area contributed by atoms with Gasteiger partial charge in [0.2, 0.25) is 0 Å². The zero-order valence-corrected chi connectivity index (χ0v) is 13.6. The van der Waals surface area contributed by atoms with Crippen molar-refractivity contribution in [1.29, 1.82) is 0 Å². The Labute approximate surface area is 108 Å². The summed E-state index contributed by atoms with van der Waals surface area (Å²) in [5.41, 5.74) is 0.781. The molecule has 0 rings (SSSR count). The first kappa shape index (κ1) is 16.6. The van der Waals surface area contributed by atoms with Crippen molar-refractivity contribution >= 4 is 14.6 Å². The third kappa shape index (κ3) is 5.17. The molecular formula is C14H28O2Si. The molecule has 0 heterocycles. The predicted octanol–water partition coefficient (Wildman–Crippen LogP) is 4.18. The lowest BCUT2D eigenvalue weighted by Crippen LogP contribution is -2.44. The van der Waals surface area contributed by atoms with Gasteiger partial charge in [-0.05, 0) is 43.5 Å². The summed E-state index contributed by atoms with van der Waals surface area (Å²) in [6.07, 6.45) is 3.05. The summed E-state index contributed by atoms with van der Waals surface area (Å²) in [5, 5.41) is 0.227. The van der Waals surface area contributed by atoms with E-state index in [1.807, 2.05) is 13.0 Å². The van der Waals surface area contributed by atoms with Gasteiger partial charge in [-0.1, -0.05) is 33.8 Å².